The molecule has 2 N–H and O–H groups in total. The summed E-state index contributed by atoms with van der Waals surface area (Å²) in [5.74, 6) is -1.91. The smallest absolute Gasteiger partial charge is 0.291 e. The molecule has 0 atom stereocenters. The highest BCUT2D eigenvalue weighted by atomic mass is 32.2. The number of hydrogen-bond acceptors (Lipinski definition) is 6. The summed E-state index contributed by atoms with van der Waals surface area (Å²) in [5, 5.41) is 5.84. The van der Waals surface area contributed by atoms with Gasteiger partial charge in [-0.25, -0.2) is 0 Å². The summed E-state index contributed by atoms with van der Waals surface area (Å²) in [6.07, 6.45) is 0.902. The van der Waals surface area contributed by atoms with Crippen LogP contribution in [-0.2, 0) is 0 Å². The van der Waals surface area contributed by atoms with Crippen LogP contribution in [0.4, 0.5) is 20.7 Å². The van der Waals surface area contributed by atoms with Crippen molar-refractivity contribution in [2.75, 3.05) is 23.7 Å². The lowest BCUT2D eigenvalue weighted by molar-refractivity contribution is 0.251. The first-order valence-corrected chi connectivity index (χ1v) is 6.22. The quantitative estimate of drug-likeness (QED) is 0.737. The van der Waals surface area contributed by atoms with Crippen LogP contribution in [0.3, 0.4) is 0 Å². The second kappa shape index (κ2) is 7.21. The van der Waals surface area contributed by atoms with Crippen LogP contribution in [0.1, 0.15) is 20.3 Å². The molecule has 5 nitrogen and oxygen atoms in total. The van der Waals surface area contributed by atoms with Crippen molar-refractivity contribution in [3.05, 3.63) is 0 Å². The van der Waals surface area contributed by atoms with Crippen molar-refractivity contribution >= 4 is 23.7 Å². The second-order valence-corrected chi connectivity index (χ2v) is 4.06. The topological polar surface area (TPSA) is 62.7 Å². The fourth-order valence-corrected chi connectivity index (χ4v) is 1.48. The van der Waals surface area contributed by atoms with Crippen LogP contribution in [0.15, 0.2) is 5.16 Å². The van der Waals surface area contributed by atoms with E-state index in [1.807, 2.05) is 13.8 Å². The highest BCUT2D eigenvalue weighted by Gasteiger charge is 2.11. The zero-order valence-corrected chi connectivity index (χ0v) is 10.5. The third kappa shape index (κ3) is 5.12. The van der Waals surface area contributed by atoms with E-state index in [0.717, 1.165) is 6.42 Å². The Labute approximate surface area is 103 Å². The van der Waals surface area contributed by atoms with Crippen molar-refractivity contribution in [3.63, 3.8) is 0 Å². The normalized spacial score (nSPS) is 10.6. The summed E-state index contributed by atoms with van der Waals surface area (Å²) in [6, 6.07) is 0. The van der Waals surface area contributed by atoms with Crippen molar-refractivity contribution in [3.8, 4) is 0 Å². The number of nitrogens with zero attached hydrogens (tertiary/aromatic N) is 3. The maximum Gasteiger partial charge on any atom is 0.291 e. The van der Waals surface area contributed by atoms with E-state index in [1.54, 1.807) is 0 Å². The fraction of sp³-hybridized carbons (Fsp3) is 0.667. The van der Waals surface area contributed by atoms with Gasteiger partial charge in [0.25, 0.3) is 5.76 Å². The molecule has 1 aromatic heterocycles. The van der Waals surface area contributed by atoms with Crippen LogP contribution in [-0.4, -0.2) is 33.8 Å². The Kier molecular flexibility index (Phi) is 5.88. The van der Waals surface area contributed by atoms with Crippen molar-refractivity contribution in [1.29, 1.82) is 0 Å². The summed E-state index contributed by atoms with van der Waals surface area (Å²) >= 11 is 0.311. The molecule has 1 heterocycles. The van der Waals surface area contributed by atoms with Crippen molar-refractivity contribution in [1.82, 2.24) is 15.0 Å². The lowest BCUT2D eigenvalue weighted by Gasteiger charge is -2.08. The maximum absolute atomic E-state index is 12.2. The van der Waals surface area contributed by atoms with Gasteiger partial charge in [0.2, 0.25) is 11.9 Å². The average Bonchev–Trinajstić information content (AvgIpc) is 2.25. The van der Waals surface area contributed by atoms with E-state index in [0.29, 0.717) is 36.7 Å². The Hall–Kier alpha value is -1.18. The molecule has 0 saturated carbocycles. The third-order valence-electron chi connectivity index (χ3n) is 1.68. The molecule has 0 unspecified atom stereocenters. The molecule has 0 amide bonds. The Morgan fingerprint density at radius 1 is 1.12 bits per heavy atom. The predicted molar refractivity (Wildman–Crippen MR) is 64.6 cm³/mol. The standard InChI is InChI=1S/C9H15F2N5S/c1-3-5-13-8-14-7(12-4-2)15-9(16-8)17-6(10)11/h6H,3-5H2,1-2H3,(H2,12,13,14,15,16). The van der Waals surface area contributed by atoms with Gasteiger partial charge in [0.05, 0.1) is 0 Å². The lowest BCUT2D eigenvalue weighted by Crippen LogP contribution is -2.10. The summed E-state index contributed by atoms with van der Waals surface area (Å²) in [7, 11) is 0. The maximum atomic E-state index is 12.2. The number of alkyl halides is 2. The van der Waals surface area contributed by atoms with Crippen molar-refractivity contribution in [2.24, 2.45) is 0 Å². The van der Waals surface area contributed by atoms with Gasteiger partial charge in [0.1, 0.15) is 0 Å². The summed E-state index contributed by atoms with van der Waals surface area (Å²) < 4.78 is 24.5. The minimum Gasteiger partial charge on any atom is -0.354 e. The van der Waals surface area contributed by atoms with Gasteiger partial charge >= 0.3 is 0 Å². The largest absolute Gasteiger partial charge is 0.354 e. The van der Waals surface area contributed by atoms with Gasteiger partial charge < -0.3 is 10.6 Å². The van der Waals surface area contributed by atoms with Crippen LogP contribution in [0.2, 0.25) is 0 Å². The van der Waals surface area contributed by atoms with E-state index >= 15 is 0 Å². The monoisotopic (exact) mass is 263 g/mol. The van der Waals surface area contributed by atoms with Gasteiger partial charge in [-0.3, -0.25) is 0 Å². The molecule has 0 fully saturated rings. The van der Waals surface area contributed by atoms with Crippen LogP contribution in [0.5, 0.6) is 0 Å². The number of hydrogen-bond donors (Lipinski definition) is 2. The van der Waals surface area contributed by atoms with Gasteiger partial charge in [-0.15, -0.1) is 0 Å². The Bertz CT molecular complexity index is 350. The van der Waals surface area contributed by atoms with E-state index < -0.39 is 5.76 Å². The lowest BCUT2D eigenvalue weighted by atomic mass is 10.5. The van der Waals surface area contributed by atoms with Gasteiger partial charge in [-0.1, -0.05) is 6.92 Å². The molecule has 1 aromatic rings. The SMILES string of the molecule is CCCNc1nc(NCC)nc(SC(F)F)n1. The minimum atomic E-state index is -2.54. The highest BCUT2D eigenvalue weighted by molar-refractivity contribution is 7.99. The third-order valence-corrected chi connectivity index (χ3v) is 2.25. The van der Waals surface area contributed by atoms with Crippen LogP contribution in [0.25, 0.3) is 0 Å². The molecule has 0 bridgehead atoms. The highest BCUT2D eigenvalue weighted by Crippen LogP contribution is 2.23. The second-order valence-electron chi connectivity index (χ2n) is 3.10. The molecule has 0 spiro atoms. The first-order valence-electron chi connectivity index (χ1n) is 5.34. The first kappa shape index (κ1) is 13.9. The average molecular weight is 263 g/mol. The molecule has 96 valence electrons. The molecule has 0 aromatic carbocycles. The molecule has 0 aliphatic heterocycles. The summed E-state index contributed by atoms with van der Waals surface area (Å²) in [6.45, 7) is 5.18. The van der Waals surface area contributed by atoms with Crippen LogP contribution in [0, 0.1) is 0 Å². The minimum absolute atomic E-state index is 0.0181. The molecule has 1 rings (SSSR count). The summed E-state index contributed by atoms with van der Waals surface area (Å²) in [4.78, 5) is 11.8. The van der Waals surface area contributed by atoms with Gasteiger partial charge in [0.15, 0.2) is 5.16 Å². The number of nitrogens with one attached hydrogen (secondary N) is 2. The van der Waals surface area contributed by atoms with E-state index in [9.17, 15) is 8.78 Å². The molecule has 0 radical (unpaired) electrons. The Balaban J connectivity index is 2.84. The van der Waals surface area contributed by atoms with E-state index in [-0.39, 0.29) is 5.16 Å². The number of anilines is 2. The molecule has 17 heavy (non-hydrogen) atoms. The molecular weight excluding hydrogens is 248 g/mol. The zero-order valence-electron chi connectivity index (χ0n) is 9.70. The van der Waals surface area contributed by atoms with Gasteiger partial charge in [-0.05, 0) is 25.1 Å². The molecule has 8 heteroatoms. The van der Waals surface area contributed by atoms with E-state index in [2.05, 4.69) is 25.6 Å². The van der Waals surface area contributed by atoms with Gasteiger partial charge in [0, 0.05) is 13.1 Å². The van der Waals surface area contributed by atoms with Crippen molar-refractivity contribution < 1.29 is 8.78 Å². The fourth-order valence-electron chi connectivity index (χ4n) is 1.04. The predicted octanol–water partition coefficient (Wildman–Crippen LogP) is 2.44. The van der Waals surface area contributed by atoms with E-state index in [1.165, 1.54) is 0 Å². The number of halogens is 2. The number of rotatable bonds is 7. The van der Waals surface area contributed by atoms with E-state index in [4.69, 9.17) is 0 Å². The summed E-state index contributed by atoms with van der Waals surface area (Å²) in [5.41, 5.74) is 0. The van der Waals surface area contributed by atoms with Crippen LogP contribution >= 0.6 is 11.8 Å². The Morgan fingerprint density at radius 3 is 2.29 bits per heavy atom. The number of thioether (sulfide) groups is 1. The molecule has 0 aliphatic carbocycles. The molecule has 0 aliphatic rings. The van der Waals surface area contributed by atoms with Gasteiger partial charge in [-0.2, -0.15) is 23.7 Å². The first-order chi connectivity index (χ1) is 8.15. The number of aromatic nitrogens is 3. The molecular formula is C9H15F2N5S. The van der Waals surface area contributed by atoms with Crippen molar-refractivity contribution in [2.45, 2.75) is 31.2 Å². The zero-order chi connectivity index (χ0) is 12.7. The Morgan fingerprint density at radius 2 is 1.76 bits per heavy atom. The van der Waals surface area contributed by atoms with Crippen LogP contribution < -0.4 is 10.6 Å². The molecule has 0 saturated heterocycles.